The van der Waals surface area contributed by atoms with Gasteiger partial charge in [0, 0.05) is 5.56 Å². The number of ether oxygens (including phenoxy) is 1. The minimum Gasteiger partial charge on any atom is -0.488 e. The van der Waals surface area contributed by atoms with E-state index in [4.69, 9.17) is 4.74 Å². The topological polar surface area (TPSA) is 9.23 Å². The molecule has 0 bridgehead atoms. The van der Waals surface area contributed by atoms with Gasteiger partial charge in [-0.05, 0) is 29.8 Å². The molecule has 3 aromatic rings. The first-order chi connectivity index (χ1) is 10.9. The molecule has 22 heavy (non-hydrogen) atoms. The van der Waals surface area contributed by atoms with Crippen molar-refractivity contribution in [2.24, 2.45) is 0 Å². The Kier molecular flexibility index (Phi) is 4.54. The molecule has 0 amide bonds. The van der Waals surface area contributed by atoms with E-state index in [0.717, 1.165) is 22.4 Å². The van der Waals surface area contributed by atoms with Crippen LogP contribution in [0.1, 0.15) is 16.7 Å². The molecular formula is C21H16O. The molecule has 0 aliphatic carbocycles. The second-order valence-electron chi connectivity index (χ2n) is 4.89. The zero-order valence-corrected chi connectivity index (χ0v) is 12.2. The molecule has 1 heteroatoms. The van der Waals surface area contributed by atoms with E-state index in [1.54, 1.807) is 0 Å². The Morgan fingerprint density at radius 1 is 0.636 bits per heavy atom. The van der Waals surface area contributed by atoms with Gasteiger partial charge in [-0.2, -0.15) is 0 Å². The first-order valence-corrected chi connectivity index (χ1v) is 7.25. The van der Waals surface area contributed by atoms with Crippen LogP contribution in [0.25, 0.3) is 0 Å². The van der Waals surface area contributed by atoms with E-state index >= 15 is 0 Å². The quantitative estimate of drug-likeness (QED) is 0.635. The minimum absolute atomic E-state index is 0.546. The lowest BCUT2D eigenvalue weighted by Gasteiger charge is -2.08. The molecule has 0 unspecified atom stereocenters. The third-order valence-corrected chi connectivity index (χ3v) is 3.24. The molecule has 3 rings (SSSR count). The summed E-state index contributed by atoms with van der Waals surface area (Å²) in [4.78, 5) is 0. The molecule has 106 valence electrons. The normalized spacial score (nSPS) is 9.64. The Hall–Kier alpha value is -2.98. The molecule has 0 atom stereocenters. The average molecular weight is 284 g/mol. The zero-order valence-electron chi connectivity index (χ0n) is 12.2. The van der Waals surface area contributed by atoms with Crippen molar-refractivity contribution >= 4 is 0 Å². The van der Waals surface area contributed by atoms with E-state index in [1.165, 1.54) is 0 Å². The third-order valence-electron chi connectivity index (χ3n) is 3.24. The lowest BCUT2D eigenvalue weighted by Crippen LogP contribution is -1.96. The molecule has 0 heterocycles. The molecule has 0 aromatic heterocycles. The van der Waals surface area contributed by atoms with Crippen LogP contribution in [0, 0.1) is 11.8 Å². The van der Waals surface area contributed by atoms with Crippen LogP contribution in [0.5, 0.6) is 5.75 Å². The van der Waals surface area contributed by atoms with Crippen molar-refractivity contribution in [2.75, 3.05) is 0 Å². The molecule has 1 nitrogen and oxygen atoms in total. The largest absolute Gasteiger partial charge is 0.488 e. The summed E-state index contributed by atoms with van der Waals surface area (Å²) in [6, 6.07) is 28.0. The number of hydrogen-bond acceptors (Lipinski definition) is 1. The predicted molar refractivity (Wildman–Crippen MR) is 89.6 cm³/mol. The van der Waals surface area contributed by atoms with Crippen LogP contribution in [0.15, 0.2) is 84.9 Å². The Morgan fingerprint density at radius 3 is 2.05 bits per heavy atom. The van der Waals surface area contributed by atoms with Crippen molar-refractivity contribution in [1.82, 2.24) is 0 Å². The summed E-state index contributed by atoms with van der Waals surface area (Å²) >= 11 is 0. The second-order valence-corrected chi connectivity index (χ2v) is 4.89. The van der Waals surface area contributed by atoms with Crippen molar-refractivity contribution in [3.05, 3.63) is 102 Å². The highest BCUT2D eigenvalue weighted by Gasteiger charge is 2.00. The van der Waals surface area contributed by atoms with Crippen molar-refractivity contribution in [1.29, 1.82) is 0 Å². The fourth-order valence-corrected chi connectivity index (χ4v) is 2.09. The first-order valence-electron chi connectivity index (χ1n) is 7.25. The van der Waals surface area contributed by atoms with E-state index in [1.807, 2.05) is 72.8 Å². The summed E-state index contributed by atoms with van der Waals surface area (Å²) < 4.78 is 5.91. The highest BCUT2D eigenvalue weighted by Crippen LogP contribution is 2.18. The minimum atomic E-state index is 0.546. The number of rotatable bonds is 3. The highest BCUT2D eigenvalue weighted by molar-refractivity contribution is 5.49. The Balaban J connectivity index is 1.77. The second kappa shape index (κ2) is 7.15. The van der Waals surface area contributed by atoms with Gasteiger partial charge in [-0.15, -0.1) is 0 Å². The highest BCUT2D eigenvalue weighted by atomic mass is 16.5. The molecule has 0 aliphatic rings. The van der Waals surface area contributed by atoms with Crippen molar-refractivity contribution in [2.45, 2.75) is 6.61 Å². The van der Waals surface area contributed by atoms with Crippen LogP contribution in [0.4, 0.5) is 0 Å². The lowest BCUT2D eigenvalue weighted by molar-refractivity contribution is 0.305. The van der Waals surface area contributed by atoms with Gasteiger partial charge in [0.2, 0.25) is 0 Å². The monoisotopic (exact) mass is 284 g/mol. The fourth-order valence-electron chi connectivity index (χ4n) is 2.09. The van der Waals surface area contributed by atoms with Crippen LogP contribution >= 0.6 is 0 Å². The van der Waals surface area contributed by atoms with Gasteiger partial charge in [0.1, 0.15) is 12.4 Å². The van der Waals surface area contributed by atoms with Gasteiger partial charge in [0.25, 0.3) is 0 Å². The van der Waals surface area contributed by atoms with E-state index in [0.29, 0.717) is 6.61 Å². The maximum absolute atomic E-state index is 5.91. The van der Waals surface area contributed by atoms with Gasteiger partial charge in [0.15, 0.2) is 0 Å². The molecule has 0 fully saturated rings. The summed E-state index contributed by atoms with van der Waals surface area (Å²) in [5.41, 5.74) is 3.05. The standard InChI is InChI=1S/C21H16O/c1-3-9-18(10-4-1)15-16-20-13-7-8-14-21(20)22-17-19-11-5-2-6-12-19/h1-14H,17H2. The van der Waals surface area contributed by atoms with Crippen molar-refractivity contribution in [3.63, 3.8) is 0 Å². The summed E-state index contributed by atoms with van der Waals surface area (Å²) in [6.07, 6.45) is 0. The summed E-state index contributed by atoms with van der Waals surface area (Å²) in [7, 11) is 0. The van der Waals surface area contributed by atoms with Crippen LogP contribution in [0.3, 0.4) is 0 Å². The molecule has 0 saturated carbocycles. The van der Waals surface area contributed by atoms with Crippen molar-refractivity contribution < 1.29 is 4.74 Å². The molecule has 0 spiro atoms. The molecule has 0 radical (unpaired) electrons. The van der Waals surface area contributed by atoms with Crippen LogP contribution < -0.4 is 4.74 Å². The van der Waals surface area contributed by atoms with Gasteiger partial charge >= 0.3 is 0 Å². The zero-order chi connectivity index (χ0) is 15.0. The summed E-state index contributed by atoms with van der Waals surface area (Å²) in [6.45, 7) is 0.546. The Labute approximate surface area is 131 Å². The molecule has 3 aromatic carbocycles. The van der Waals surface area contributed by atoms with Gasteiger partial charge in [-0.25, -0.2) is 0 Å². The van der Waals surface area contributed by atoms with Crippen LogP contribution in [0.2, 0.25) is 0 Å². The Bertz CT molecular complexity index is 780. The van der Waals surface area contributed by atoms with Gasteiger partial charge in [0.05, 0.1) is 5.56 Å². The number of hydrogen-bond donors (Lipinski definition) is 0. The van der Waals surface area contributed by atoms with E-state index in [-0.39, 0.29) is 0 Å². The number of benzene rings is 3. The molecule has 0 aliphatic heterocycles. The van der Waals surface area contributed by atoms with Gasteiger partial charge < -0.3 is 4.74 Å². The summed E-state index contributed by atoms with van der Waals surface area (Å²) in [5.74, 6) is 7.17. The molecular weight excluding hydrogens is 268 g/mol. The van der Waals surface area contributed by atoms with E-state index in [2.05, 4.69) is 24.0 Å². The van der Waals surface area contributed by atoms with E-state index in [9.17, 15) is 0 Å². The maximum Gasteiger partial charge on any atom is 0.135 e. The van der Waals surface area contributed by atoms with Gasteiger partial charge in [-0.1, -0.05) is 72.5 Å². The predicted octanol–water partition coefficient (Wildman–Crippen LogP) is 4.67. The third kappa shape index (κ3) is 3.77. The lowest BCUT2D eigenvalue weighted by atomic mass is 10.1. The number of para-hydroxylation sites is 1. The SMILES string of the molecule is C(#Cc1ccccc1OCc1ccccc1)c1ccccc1. The van der Waals surface area contributed by atoms with Crippen LogP contribution in [-0.4, -0.2) is 0 Å². The van der Waals surface area contributed by atoms with Crippen molar-refractivity contribution in [3.8, 4) is 17.6 Å². The smallest absolute Gasteiger partial charge is 0.135 e. The molecule has 0 N–H and O–H groups in total. The summed E-state index contributed by atoms with van der Waals surface area (Å²) in [5, 5.41) is 0. The maximum atomic E-state index is 5.91. The first kappa shape index (κ1) is 14.0. The average Bonchev–Trinajstić information content (AvgIpc) is 2.61. The van der Waals surface area contributed by atoms with Gasteiger partial charge in [-0.3, -0.25) is 0 Å². The van der Waals surface area contributed by atoms with Crippen LogP contribution in [-0.2, 0) is 6.61 Å². The van der Waals surface area contributed by atoms with E-state index < -0.39 is 0 Å². The Morgan fingerprint density at radius 2 is 1.27 bits per heavy atom. The molecule has 0 saturated heterocycles. The fraction of sp³-hybridized carbons (Fsp3) is 0.0476.